The molecule has 3 aromatic rings. The molecule has 180 valence electrons. The van der Waals surface area contributed by atoms with Crippen LogP contribution in [-0.4, -0.2) is 26.9 Å². The lowest BCUT2D eigenvalue weighted by Gasteiger charge is -2.35. The van der Waals surface area contributed by atoms with Crippen LogP contribution in [0.2, 0.25) is 5.02 Å². The molecule has 1 atom stereocenters. The fourth-order valence-corrected chi connectivity index (χ4v) is 5.14. The van der Waals surface area contributed by atoms with E-state index in [-0.39, 0.29) is 28.3 Å². The Hall–Kier alpha value is -2.73. The maximum atomic E-state index is 14.0. The monoisotopic (exact) mass is 483 g/mol. The molecule has 0 N–H and O–H groups in total. The third kappa shape index (κ3) is 4.74. The maximum absolute atomic E-state index is 14.0. The number of aromatic nitrogens is 2. The van der Waals surface area contributed by atoms with Gasteiger partial charge in [-0.15, -0.1) is 0 Å². The van der Waals surface area contributed by atoms with Gasteiger partial charge in [0.1, 0.15) is 11.6 Å². The molecular formula is C27H31ClFN3O2. The van der Waals surface area contributed by atoms with Gasteiger partial charge in [-0.25, -0.2) is 9.37 Å². The number of halogens is 2. The third-order valence-electron chi connectivity index (χ3n) is 6.57. The summed E-state index contributed by atoms with van der Waals surface area (Å²) in [5.41, 5.74) is 0.740. The van der Waals surface area contributed by atoms with E-state index in [1.807, 2.05) is 17.9 Å². The first-order valence-electron chi connectivity index (χ1n) is 12.1. The van der Waals surface area contributed by atoms with Crippen molar-refractivity contribution >= 4 is 28.4 Å². The van der Waals surface area contributed by atoms with Crippen molar-refractivity contribution in [1.29, 1.82) is 0 Å². The lowest BCUT2D eigenvalue weighted by Crippen LogP contribution is -2.42. The van der Waals surface area contributed by atoms with Crippen LogP contribution >= 0.6 is 11.6 Å². The van der Waals surface area contributed by atoms with Crippen LogP contribution in [0.15, 0.2) is 47.3 Å². The van der Waals surface area contributed by atoms with E-state index in [9.17, 15) is 14.0 Å². The number of benzene rings is 2. The minimum Gasteiger partial charge on any atom is -0.332 e. The van der Waals surface area contributed by atoms with Gasteiger partial charge < -0.3 is 4.90 Å². The second-order valence-corrected chi connectivity index (χ2v) is 9.92. The largest absolute Gasteiger partial charge is 0.332 e. The Morgan fingerprint density at radius 1 is 1.21 bits per heavy atom. The second kappa shape index (κ2) is 10.3. The summed E-state index contributed by atoms with van der Waals surface area (Å²) in [6.45, 7) is 6.74. The van der Waals surface area contributed by atoms with Gasteiger partial charge in [-0.1, -0.05) is 57.3 Å². The van der Waals surface area contributed by atoms with E-state index in [0.29, 0.717) is 35.4 Å². The van der Waals surface area contributed by atoms with Gasteiger partial charge in [-0.2, -0.15) is 0 Å². The van der Waals surface area contributed by atoms with E-state index in [0.717, 1.165) is 25.7 Å². The molecule has 0 spiro atoms. The van der Waals surface area contributed by atoms with Crippen LogP contribution in [0.4, 0.5) is 4.39 Å². The molecule has 1 unspecified atom stereocenters. The van der Waals surface area contributed by atoms with Crippen molar-refractivity contribution in [1.82, 2.24) is 14.5 Å². The van der Waals surface area contributed by atoms with Gasteiger partial charge in [-0.05, 0) is 55.5 Å². The van der Waals surface area contributed by atoms with Gasteiger partial charge in [0.15, 0.2) is 0 Å². The predicted molar refractivity (Wildman–Crippen MR) is 134 cm³/mol. The molecule has 1 heterocycles. The smallest absolute Gasteiger partial charge is 0.266 e. The lowest BCUT2D eigenvalue weighted by molar-refractivity contribution is -0.139. The number of fused-ring (bicyclic) bond motifs is 1. The van der Waals surface area contributed by atoms with Gasteiger partial charge in [0, 0.05) is 12.5 Å². The van der Waals surface area contributed by atoms with Crippen molar-refractivity contribution in [3.63, 3.8) is 0 Å². The quantitative estimate of drug-likeness (QED) is 0.396. The first-order chi connectivity index (χ1) is 16.3. The Morgan fingerprint density at radius 2 is 1.91 bits per heavy atom. The number of carbonyl (C=O) groups is 1. The minimum atomic E-state index is -0.557. The van der Waals surface area contributed by atoms with E-state index in [4.69, 9.17) is 16.6 Å². The van der Waals surface area contributed by atoms with Crippen LogP contribution in [0.1, 0.15) is 64.7 Å². The molecule has 0 radical (unpaired) electrons. The molecule has 4 rings (SSSR count). The lowest BCUT2D eigenvalue weighted by atomic mass is 10.0. The summed E-state index contributed by atoms with van der Waals surface area (Å²) in [5, 5.41) is 0.386. The number of hydrogen-bond donors (Lipinski definition) is 0. The number of para-hydroxylation sites is 1. The molecule has 0 bridgehead atoms. The molecule has 1 aliphatic carbocycles. The van der Waals surface area contributed by atoms with Crippen LogP contribution in [-0.2, 0) is 4.79 Å². The molecule has 0 aliphatic heterocycles. The zero-order valence-corrected chi connectivity index (χ0v) is 20.7. The Balaban J connectivity index is 1.94. The summed E-state index contributed by atoms with van der Waals surface area (Å²) in [6, 6.07) is 11.0. The summed E-state index contributed by atoms with van der Waals surface area (Å²) in [7, 11) is 0. The highest BCUT2D eigenvalue weighted by molar-refractivity contribution is 6.30. The summed E-state index contributed by atoms with van der Waals surface area (Å²) in [5.74, 6) is 0.303. The molecule has 1 amide bonds. The van der Waals surface area contributed by atoms with Crippen molar-refractivity contribution in [3.05, 3.63) is 69.5 Å². The van der Waals surface area contributed by atoms with Gasteiger partial charge in [0.05, 0.1) is 27.7 Å². The molecule has 1 aromatic heterocycles. The van der Waals surface area contributed by atoms with Crippen molar-refractivity contribution in [2.24, 2.45) is 11.8 Å². The summed E-state index contributed by atoms with van der Waals surface area (Å²) < 4.78 is 15.5. The number of hydrogen-bond acceptors (Lipinski definition) is 3. The van der Waals surface area contributed by atoms with Gasteiger partial charge in [0.25, 0.3) is 5.56 Å². The van der Waals surface area contributed by atoms with Crippen LogP contribution in [0.3, 0.4) is 0 Å². The SMILES string of the molecule is CCC(c1nc2ccccc2c(=O)n1-c1ccc(F)c(Cl)c1)N(CC(C)C)C(=O)C1CCCC1. The maximum Gasteiger partial charge on any atom is 0.266 e. The van der Waals surface area contributed by atoms with E-state index >= 15 is 0 Å². The Morgan fingerprint density at radius 3 is 2.56 bits per heavy atom. The normalized spacial score (nSPS) is 15.2. The Bertz CT molecular complexity index is 1250. The zero-order valence-electron chi connectivity index (χ0n) is 19.9. The second-order valence-electron chi connectivity index (χ2n) is 9.52. The summed E-state index contributed by atoms with van der Waals surface area (Å²) >= 11 is 6.09. The fourth-order valence-electron chi connectivity index (χ4n) is 4.96. The molecule has 5 nitrogen and oxygen atoms in total. The van der Waals surface area contributed by atoms with Crippen LogP contribution in [0.25, 0.3) is 16.6 Å². The van der Waals surface area contributed by atoms with Crippen molar-refractivity contribution < 1.29 is 9.18 Å². The van der Waals surface area contributed by atoms with E-state index in [2.05, 4.69) is 13.8 Å². The highest BCUT2D eigenvalue weighted by atomic mass is 35.5. The van der Waals surface area contributed by atoms with Crippen LogP contribution in [0, 0.1) is 17.7 Å². The van der Waals surface area contributed by atoms with Crippen molar-refractivity contribution in [2.75, 3.05) is 6.54 Å². The highest BCUT2D eigenvalue weighted by Crippen LogP contribution is 2.33. The molecule has 1 aliphatic rings. The van der Waals surface area contributed by atoms with Gasteiger partial charge >= 0.3 is 0 Å². The molecule has 1 fully saturated rings. The fraction of sp³-hybridized carbons (Fsp3) is 0.444. The van der Waals surface area contributed by atoms with Crippen molar-refractivity contribution in [2.45, 2.75) is 58.9 Å². The molecule has 0 saturated heterocycles. The third-order valence-corrected chi connectivity index (χ3v) is 6.86. The molecule has 34 heavy (non-hydrogen) atoms. The van der Waals surface area contributed by atoms with Crippen LogP contribution < -0.4 is 5.56 Å². The highest BCUT2D eigenvalue weighted by Gasteiger charge is 2.34. The molecule has 2 aromatic carbocycles. The number of carbonyl (C=O) groups excluding carboxylic acids is 1. The summed E-state index contributed by atoms with van der Waals surface area (Å²) in [4.78, 5) is 34.2. The minimum absolute atomic E-state index is 0.00805. The average molecular weight is 484 g/mol. The molecule has 7 heteroatoms. The summed E-state index contributed by atoms with van der Waals surface area (Å²) in [6.07, 6.45) is 4.51. The molecular weight excluding hydrogens is 453 g/mol. The van der Waals surface area contributed by atoms with Gasteiger partial charge in [0.2, 0.25) is 5.91 Å². The predicted octanol–water partition coefficient (Wildman–Crippen LogP) is 6.30. The zero-order chi connectivity index (χ0) is 24.4. The number of nitrogens with zero attached hydrogens (tertiary/aromatic N) is 3. The average Bonchev–Trinajstić information content (AvgIpc) is 3.35. The number of rotatable bonds is 7. The van der Waals surface area contributed by atoms with E-state index in [1.165, 1.54) is 22.8 Å². The molecule has 1 saturated carbocycles. The van der Waals surface area contributed by atoms with E-state index < -0.39 is 11.9 Å². The topological polar surface area (TPSA) is 55.2 Å². The van der Waals surface area contributed by atoms with Crippen molar-refractivity contribution in [3.8, 4) is 5.69 Å². The van der Waals surface area contributed by atoms with E-state index in [1.54, 1.807) is 18.2 Å². The first kappa shape index (κ1) is 24.4. The number of amides is 1. The van der Waals surface area contributed by atoms with Crippen LogP contribution in [0.5, 0.6) is 0 Å². The Labute approximate surface area is 204 Å². The Kier molecular flexibility index (Phi) is 7.36. The standard InChI is InChI=1S/C27H31ClFN3O2/c1-4-24(31(16-17(2)3)26(33)18-9-5-6-10-18)25-30-23-12-8-7-11-20(23)27(34)32(25)19-13-14-22(29)21(28)15-19/h7-8,11-15,17-18,24H,4-6,9-10,16H2,1-3H3. The first-order valence-corrected chi connectivity index (χ1v) is 12.5. The van der Waals surface area contributed by atoms with Gasteiger partial charge in [-0.3, -0.25) is 14.2 Å².